The second-order valence-electron chi connectivity index (χ2n) is 4.56. The minimum absolute atomic E-state index is 0.309. The third-order valence-electron chi connectivity index (χ3n) is 2.47. The van der Waals surface area contributed by atoms with Gasteiger partial charge in [-0.1, -0.05) is 37.6 Å². The zero-order valence-corrected chi connectivity index (χ0v) is 10.3. The average molecular weight is 226 g/mol. The zero-order valence-electron chi connectivity index (χ0n) is 9.54. The van der Waals surface area contributed by atoms with Crippen LogP contribution in [0.1, 0.15) is 32.3 Å². The quantitative estimate of drug-likeness (QED) is 0.814. The molecule has 1 aromatic carbocycles. The minimum Gasteiger partial charge on any atom is -0.328 e. The SMILES string of the molecule is CC(C)CC(N)CCc1cccc(Cl)c1. The van der Waals surface area contributed by atoms with Crippen LogP contribution in [0.5, 0.6) is 0 Å². The summed E-state index contributed by atoms with van der Waals surface area (Å²) < 4.78 is 0. The first-order valence-electron chi connectivity index (χ1n) is 5.58. The van der Waals surface area contributed by atoms with Gasteiger partial charge in [-0.3, -0.25) is 0 Å². The van der Waals surface area contributed by atoms with Crippen molar-refractivity contribution in [3.05, 3.63) is 34.9 Å². The molecule has 0 fully saturated rings. The molecule has 1 rings (SSSR count). The van der Waals surface area contributed by atoms with Gasteiger partial charge in [-0.2, -0.15) is 0 Å². The van der Waals surface area contributed by atoms with Crippen LogP contribution < -0.4 is 5.73 Å². The van der Waals surface area contributed by atoms with Crippen LogP contribution in [0.3, 0.4) is 0 Å². The summed E-state index contributed by atoms with van der Waals surface area (Å²) in [6.45, 7) is 4.42. The number of hydrogen-bond donors (Lipinski definition) is 1. The molecule has 2 N–H and O–H groups in total. The Kier molecular flexibility index (Phi) is 5.13. The van der Waals surface area contributed by atoms with Gasteiger partial charge in [0.15, 0.2) is 0 Å². The highest BCUT2D eigenvalue weighted by atomic mass is 35.5. The van der Waals surface area contributed by atoms with Gasteiger partial charge in [0, 0.05) is 11.1 Å². The van der Waals surface area contributed by atoms with E-state index >= 15 is 0 Å². The van der Waals surface area contributed by atoms with Gasteiger partial charge in [0.1, 0.15) is 0 Å². The third kappa shape index (κ3) is 5.19. The summed E-state index contributed by atoms with van der Waals surface area (Å²) in [6.07, 6.45) is 3.16. The van der Waals surface area contributed by atoms with Gasteiger partial charge < -0.3 is 5.73 Å². The lowest BCUT2D eigenvalue weighted by molar-refractivity contribution is 0.473. The molecule has 84 valence electrons. The highest BCUT2D eigenvalue weighted by Crippen LogP contribution is 2.14. The van der Waals surface area contributed by atoms with Crippen molar-refractivity contribution in [1.29, 1.82) is 0 Å². The number of halogens is 1. The number of rotatable bonds is 5. The van der Waals surface area contributed by atoms with Crippen LogP contribution in [0, 0.1) is 5.92 Å². The van der Waals surface area contributed by atoms with E-state index in [0.717, 1.165) is 24.3 Å². The van der Waals surface area contributed by atoms with Crippen LogP contribution in [0.25, 0.3) is 0 Å². The Hall–Kier alpha value is -0.530. The molecule has 1 aromatic rings. The Bertz CT molecular complexity index is 296. The first kappa shape index (κ1) is 12.5. The number of nitrogens with two attached hydrogens (primary N) is 1. The van der Waals surface area contributed by atoms with Crippen molar-refractivity contribution in [2.45, 2.75) is 39.2 Å². The fraction of sp³-hybridized carbons (Fsp3) is 0.538. The van der Waals surface area contributed by atoms with E-state index in [1.807, 2.05) is 18.2 Å². The van der Waals surface area contributed by atoms with E-state index in [1.54, 1.807) is 0 Å². The van der Waals surface area contributed by atoms with Crippen LogP contribution in [0.2, 0.25) is 5.02 Å². The molecule has 1 unspecified atom stereocenters. The zero-order chi connectivity index (χ0) is 11.3. The first-order valence-corrected chi connectivity index (χ1v) is 5.95. The van der Waals surface area contributed by atoms with E-state index < -0.39 is 0 Å². The second-order valence-corrected chi connectivity index (χ2v) is 4.99. The van der Waals surface area contributed by atoms with Gasteiger partial charge in [-0.05, 0) is 42.9 Å². The lowest BCUT2D eigenvalue weighted by atomic mass is 9.98. The molecule has 0 bridgehead atoms. The van der Waals surface area contributed by atoms with Crippen molar-refractivity contribution in [3.8, 4) is 0 Å². The van der Waals surface area contributed by atoms with E-state index in [0.29, 0.717) is 12.0 Å². The lowest BCUT2D eigenvalue weighted by Crippen LogP contribution is -2.22. The van der Waals surface area contributed by atoms with Crippen molar-refractivity contribution in [3.63, 3.8) is 0 Å². The average Bonchev–Trinajstić information content (AvgIpc) is 2.14. The maximum Gasteiger partial charge on any atom is 0.0408 e. The van der Waals surface area contributed by atoms with Gasteiger partial charge >= 0.3 is 0 Å². The Morgan fingerprint density at radius 1 is 1.33 bits per heavy atom. The number of benzene rings is 1. The highest BCUT2D eigenvalue weighted by Gasteiger charge is 2.05. The van der Waals surface area contributed by atoms with Crippen molar-refractivity contribution in [2.75, 3.05) is 0 Å². The summed E-state index contributed by atoms with van der Waals surface area (Å²) in [5, 5.41) is 0.810. The molecule has 0 aromatic heterocycles. The highest BCUT2D eigenvalue weighted by molar-refractivity contribution is 6.30. The largest absolute Gasteiger partial charge is 0.328 e. The van der Waals surface area contributed by atoms with Crippen molar-refractivity contribution in [1.82, 2.24) is 0 Å². The molecule has 0 saturated carbocycles. The summed E-state index contributed by atoms with van der Waals surface area (Å²) in [7, 11) is 0. The molecule has 0 aliphatic carbocycles. The van der Waals surface area contributed by atoms with Gasteiger partial charge in [0.25, 0.3) is 0 Å². The molecule has 15 heavy (non-hydrogen) atoms. The summed E-state index contributed by atoms with van der Waals surface area (Å²) in [4.78, 5) is 0. The summed E-state index contributed by atoms with van der Waals surface area (Å²) in [5.41, 5.74) is 7.31. The Balaban J connectivity index is 2.36. The van der Waals surface area contributed by atoms with E-state index in [1.165, 1.54) is 5.56 Å². The van der Waals surface area contributed by atoms with Crippen molar-refractivity contribution < 1.29 is 0 Å². The smallest absolute Gasteiger partial charge is 0.0408 e. The molecular weight excluding hydrogens is 206 g/mol. The summed E-state index contributed by atoms with van der Waals surface area (Å²) in [6, 6.07) is 8.33. The molecule has 0 aliphatic rings. The molecule has 0 aliphatic heterocycles. The van der Waals surface area contributed by atoms with Gasteiger partial charge in [-0.15, -0.1) is 0 Å². The Labute approximate surface area is 97.6 Å². The molecule has 0 saturated heterocycles. The topological polar surface area (TPSA) is 26.0 Å². The van der Waals surface area contributed by atoms with Crippen LogP contribution in [-0.2, 0) is 6.42 Å². The monoisotopic (exact) mass is 225 g/mol. The van der Waals surface area contributed by atoms with Crippen LogP contribution >= 0.6 is 11.6 Å². The Morgan fingerprint density at radius 2 is 2.07 bits per heavy atom. The van der Waals surface area contributed by atoms with Gasteiger partial charge in [-0.25, -0.2) is 0 Å². The molecular formula is C13H20ClN. The van der Waals surface area contributed by atoms with Crippen molar-refractivity contribution in [2.24, 2.45) is 11.7 Å². The second kappa shape index (κ2) is 6.14. The number of hydrogen-bond acceptors (Lipinski definition) is 1. The van der Waals surface area contributed by atoms with Crippen molar-refractivity contribution >= 4 is 11.6 Å². The van der Waals surface area contributed by atoms with Gasteiger partial charge in [0.05, 0.1) is 0 Å². The molecule has 1 atom stereocenters. The maximum atomic E-state index is 6.03. The molecule has 0 radical (unpaired) electrons. The predicted molar refractivity (Wildman–Crippen MR) is 67.2 cm³/mol. The van der Waals surface area contributed by atoms with Gasteiger partial charge in [0.2, 0.25) is 0 Å². The fourth-order valence-electron chi connectivity index (χ4n) is 1.77. The van der Waals surface area contributed by atoms with E-state index in [-0.39, 0.29) is 0 Å². The molecule has 2 heteroatoms. The minimum atomic E-state index is 0.309. The summed E-state index contributed by atoms with van der Waals surface area (Å²) in [5.74, 6) is 0.680. The first-order chi connectivity index (χ1) is 7.08. The fourth-order valence-corrected chi connectivity index (χ4v) is 1.98. The van der Waals surface area contributed by atoms with E-state index in [9.17, 15) is 0 Å². The molecule has 1 nitrogen and oxygen atoms in total. The van der Waals surface area contributed by atoms with Crippen LogP contribution in [0.15, 0.2) is 24.3 Å². The van der Waals surface area contributed by atoms with Crippen LogP contribution in [-0.4, -0.2) is 6.04 Å². The van der Waals surface area contributed by atoms with Crippen LogP contribution in [0.4, 0.5) is 0 Å². The normalized spacial score (nSPS) is 13.1. The molecule has 0 spiro atoms. The molecule has 0 amide bonds. The molecule has 0 heterocycles. The Morgan fingerprint density at radius 3 is 2.67 bits per heavy atom. The predicted octanol–water partition coefficient (Wildman–Crippen LogP) is 3.65. The number of aryl methyl sites for hydroxylation is 1. The lowest BCUT2D eigenvalue weighted by Gasteiger charge is -2.13. The van der Waals surface area contributed by atoms with E-state index in [2.05, 4.69) is 19.9 Å². The maximum absolute atomic E-state index is 6.03. The third-order valence-corrected chi connectivity index (χ3v) is 2.70. The van der Waals surface area contributed by atoms with E-state index in [4.69, 9.17) is 17.3 Å². The standard InChI is InChI=1S/C13H20ClN/c1-10(2)8-13(15)7-6-11-4-3-5-12(14)9-11/h3-5,9-10,13H,6-8,15H2,1-2H3. The summed E-state index contributed by atoms with van der Waals surface area (Å²) >= 11 is 5.91.